The first kappa shape index (κ1) is 12.7. The van der Waals surface area contributed by atoms with Gasteiger partial charge in [0.2, 0.25) is 5.78 Å². The van der Waals surface area contributed by atoms with Crippen LogP contribution in [-0.2, 0) is 6.18 Å². The Kier molecular flexibility index (Phi) is 3.37. The highest BCUT2D eigenvalue weighted by molar-refractivity contribution is 9.11. The van der Waals surface area contributed by atoms with Crippen molar-refractivity contribution in [1.29, 1.82) is 0 Å². The Morgan fingerprint density at radius 3 is 2.59 bits per heavy atom. The lowest BCUT2D eigenvalue weighted by Gasteiger charge is -1.98. The minimum Gasteiger partial charge on any atom is -0.288 e. The third-order valence-corrected chi connectivity index (χ3v) is 4.35. The predicted molar refractivity (Wildman–Crippen MR) is 62.6 cm³/mol. The molecule has 0 aromatic carbocycles. The number of halogens is 4. The van der Waals surface area contributed by atoms with Crippen molar-refractivity contribution in [3.8, 4) is 0 Å². The van der Waals surface area contributed by atoms with E-state index in [1.165, 1.54) is 11.3 Å². The molecule has 2 rings (SSSR count). The van der Waals surface area contributed by atoms with Crippen molar-refractivity contribution in [3.05, 3.63) is 36.9 Å². The molecule has 8 heteroatoms. The minimum absolute atomic E-state index is 0.0115. The van der Waals surface area contributed by atoms with E-state index in [0.29, 0.717) is 16.9 Å². The van der Waals surface area contributed by atoms with Gasteiger partial charge in [0.25, 0.3) is 0 Å². The van der Waals surface area contributed by atoms with E-state index >= 15 is 0 Å². The van der Waals surface area contributed by atoms with Gasteiger partial charge in [0, 0.05) is 17.1 Å². The van der Waals surface area contributed by atoms with Gasteiger partial charge in [-0.1, -0.05) is 0 Å². The third kappa shape index (κ3) is 2.75. The first-order valence-corrected chi connectivity index (χ1v) is 6.68. The monoisotopic (exact) mass is 341 g/mol. The molecule has 0 radical (unpaired) electrons. The molecule has 0 aliphatic heterocycles. The van der Waals surface area contributed by atoms with Gasteiger partial charge in [0.15, 0.2) is 5.01 Å². The zero-order valence-electron chi connectivity index (χ0n) is 7.92. The zero-order valence-corrected chi connectivity index (χ0v) is 11.1. The number of aromatic nitrogens is 1. The van der Waals surface area contributed by atoms with Gasteiger partial charge in [0.1, 0.15) is 0 Å². The quantitative estimate of drug-likeness (QED) is 0.765. The number of ketones is 1. The number of thiazole rings is 1. The summed E-state index contributed by atoms with van der Waals surface area (Å²) in [7, 11) is 0. The number of hydrogen-bond acceptors (Lipinski definition) is 4. The van der Waals surface area contributed by atoms with Crippen LogP contribution in [0.1, 0.15) is 20.2 Å². The van der Waals surface area contributed by atoms with E-state index in [-0.39, 0.29) is 4.88 Å². The highest BCUT2D eigenvalue weighted by Crippen LogP contribution is 2.33. The fourth-order valence-electron chi connectivity index (χ4n) is 1.08. The first-order chi connectivity index (χ1) is 7.88. The van der Waals surface area contributed by atoms with E-state index in [0.717, 1.165) is 9.98 Å². The smallest absolute Gasteiger partial charge is 0.288 e. The van der Waals surface area contributed by atoms with Crippen LogP contribution in [0.15, 0.2) is 21.4 Å². The molecule has 0 amide bonds. The van der Waals surface area contributed by atoms with Crippen LogP contribution in [0.25, 0.3) is 0 Å². The van der Waals surface area contributed by atoms with Crippen LogP contribution in [0.5, 0.6) is 0 Å². The van der Waals surface area contributed by atoms with Gasteiger partial charge in [-0.05, 0) is 22.0 Å². The van der Waals surface area contributed by atoms with Gasteiger partial charge < -0.3 is 0 Å². The maximum Gasteiger partial charge on any atom is 0.443 e. The average molecular weight is 342 g/mol. The second-order valence-electron chi connectivity index (χ2n) is 3.00. The standard InChI is InChI=1S/C9H3BrF3NOS2/c10-6-1-4(3-16-6)7(15)5-2-14-8(17-5)9(11,12)13/h1-3H. The Hall–Kier alpha value is -0.730. The molecular weight excluding hydrogens is 339 g/mol. The van der Waals surface area contributed by atoms with Gasteiger partial charge in [-0.2, -0.15) is 13.2 Å². The highest BCUT2D eigenvalue weighted by Gasteiger charge is 2.35. The van der Waals surface area contributed by atoms with Gasteiger partial charge in [-0.15, -0.1) is 22.7 Å². The third-order valence-electron chi connectivity index (χ3n) is 1.80. The molecule has 2 heterocycles. The Labute approximate surface area is 110 Å². The maximum atomic E-state index is 12.3. The predicted octanol–water partition coefficient (Wildman–Crippen LogP) is 4.22. The number of nitrogens with zero attached hydrogens (tertiary/aromatic N) is 1. The van der Waals surface area contributed by atoms with Crippen molar-refractivity contribution >= 4 is 44.4 Å². The van der Waals surface area contributed by atoms with Crippen molar-refractivity contribution in [1.82, 2.24) is 4.98 Å². The lowest BCUT2D eigenvalue weighted by atomic mass is 10.2. The summed E-state index contributed by atoms with van der Waals surface area (Å²) < 4.78 is 37.7. The van der Waals surface area contributed by atoms with Crippen molar-refractivity contribution in [2.24, 2.45) is 0 Å². The summed E-state index contributed by atoms with van der Waals surface area (Å²) in [5, 5.41) is 0.578. The number of rotatable bonds is 2. The molecule has 0 fully saturated rings. The van der Waals surface area contributed by atoms with Gasteiger partial charge in [-0.3, -0.25) is 4.79 Å². The summed E-state index contributed by atoms with van der Waals surface area (Å²) in [6.45, 7) is 0. The summed E-state index contributed by atoms with van der Waals surface area (Å²) >= 11 is 4.84. The van der Waals surface area contributed by atoms with Crippen molar-refractivity contribution in [2.75, 3.05) is 0 Å². The highest BCUT2D eigenvalue weighted by atomic mass is 79.9. The number of carbonyl (C=O) groups is 1. The SMILES string of the molecule is O=C(c1csc(Br)c1)c1cnc(C(F)(F)F)s1. The van der Waals surface area contributed by atoms with Crippen LogP contribution in [0, 0.1) is 0 Å². The number of thiophene rings is 1. The Morgan fingerprint density at radius 2 is 2.12 bits per heavy atom. The van der Waals surface area contributed by atoms with E-state index in [4.69, 9.17) is 0 Å². The van der Waals surface area contributed by atoms with E-state index in [1.807, 2.05) is 0 Å². The van der Waals surface area contributed by atoms with E-state index in [9.17, 15) is 18.0 Å². The number of alkyl halides is 3. The number of carbonyl (C=O) groups excluding carboxylic acids is 1. The van der Waals surface area contributed by atoms with Crippen LogP contribution in [-0.4, -0.2) is 10.8 Å². The molecule has 0 aliphatic rings. The molecule has 0 atom stereocenters. The number of hydrogen-bond donors (Lipinski definition) is 0. The van der Waals surface area contributed by atoms with Crippen molar-refractivity contribution < 1.29 is 18.0 Å². The molecular formula is C9H3BrF3NOS2. The molecule has 17 heavy (non-hydrogen) atoms. The van der Waals surface area contributed by atoms with E-state index in [1.54, 1.807) is 11.4 Å². The second-order valence-corrected chi connectivity index (χ2v) is 6.32. The summed E-state index contributed by atoms with van der Waals surface area (Å²) in [5.74, 6) is -0.444. The molecule has 0 bridgehead atoms. The normalized spacial score (nSPS) is 11.8. The Bertz CT molecular complexity index is 561. The lowest BCUT2D eigenvalue weighted by molar-refractivity contribution is -0.137. The molecule has 2 aromatic rings. The van der Waals surface area contributed by atoms with Crippen molar-refractivity contribution in [3.63, 3.8) is 0 Å². The van der Waals surface area contributed by atoms with E-state index in [2.05, 4.69) is 20.9 Å². The Balaban J connectivity index is 2.30. The molecule has 90 valence electrons. The lowest BCUT2D eigenvalue weighted by Crippen LogP contribution is -2.03. The summed E-state index contributed by atoms with van der Waals surface area (Å²) in [6.07, 6.45) is -3.54. The fraction of sp³-hybridized carbons (Fsp3) is 0.111. The molecule has 0 N–H and O–H groups in total. The molecule has 0 spiro atoms. The molecule has 0 aliphatic carbocycles. The largest absolute Gasteiger partial charge is 0.443 e. The van der Waals surface area contributed by atoms with Crippen LogP contribution in [0.3, 0.4) is 0 Å². The van der Waals surface area contributed by atoms with Crippen LogP contribution in [0.2, 0.25) is 0 Å². The first-order valence-electron chi connectivity index (χ1n) is 4.19. The molecule has 2 aromatic heterocycles. The topological polar surface area (TPSA) is 30.0 Å². The maximum absolute atomic E-state index is 12.3. The average Bonchev–Trinajstić information content (AvgIpc) is 2.83. The zero-order chi connectivity index (χ0) is 12.6. The van der Waals surface area contributed by atoms with Crippen LogP contribution < -0.4 is 0 Å². The van der Waals surface area contributed by atoms with Gasteiger partial charge >= 0.3 is 6.18 Å². The molecule has 0 saturated carbocycles. The summed E-state index contributed by atoms with van der Waals surface area (Å²) in [4.78, 5) is 15.0. The summed E-state index contributed by atoms with van der Waals surface area (Å²) in [6, 6.07) is 1.57. The Morgan fingerprint density at radius 1 is 1.41 bits per heavy atom. The minimum atomic E-state index is -4.50. The van der Waals surface area contributed by atoms with Gasteiger partial charge in [0.05, 0.1) is 8.66 Å². The summed E-state index contributed by atoms with van der Waals surface area (Å²) in [5.41, 5.74) is 0.360. The second kappa shape index (κ2) is 4.51. The molecule has 0 unspecified atom stereocenters. The van der Waals surface area contributed by atoms with Crippen molar-refractivity contribution in [2.45, 2.75) is 6.18 Å². The molecule has 2 nitrogen and oxygen atoms in total. The fourth-order valence-corrected chi connectivity index (χ4v) is 2.96. The van der Waals surface area contributed by atoms with Gasteiger partial charge in [-0.25, -0.2) is 4.98 Å². The van der Waals surface area contributed by atoms with Crippen LogP contribution >= 0.6 is 38.6 Å². The molecule has 0 saturated heterocycles. The van der Waals surface area contributed by atoms with E-state index < -0.39 is 17.0 Å². The van der Waals surface area contributed by atoms with Crippen LogP contribution in [0.4, 0.5) is 13.2 Å².